The molecule has 1 aromatic rings. The van der Waals surface area contributed by atoms with Gasteiger partial charge in [0.05, 0.1) is 39.6 Å². The number of rotatable bonds is 8. The third kappa shape index (κ3) is 7.78. The standard InChI is InChI=1S/C17H27N3O3.HI/c1-2-21-10-11-23-14-16-5-3-4-15(12-16)13-19-17(18)20-6-8-22-9-7-20;/h3-5,12H,2,6-11,13-14H2,1H3,(H2,18,19);1H. The molecule has 0 radical (unpaired) electrons. The minimum absolute atomic E-state index is 0. The number of guanidine groups is 1. The van der Waals surface area contributed by atoms with Gasteiger partial charge in [-0.1, -0.05) is 24.3 Å². The van der Waals surface area contributed by atoms with Crippen molar-refractivity contribution in [1.29, 1.82) is 0 Å². The lowest BCUT2D eigenvalue weighted by atomic mass is 10.1. The lowest BCUT2D eigenvalue weighted by Crippen LogP contribution is -2.44. The molecule has 1 aliphatic rings. The summed E-state index contributed by atoms with van der Waals surface area (Å²) in [6, 6.07) is 8.24. The SMILES string of the molecule is CCOCCOCc1cccc(CN=C(N)N2CCOCC2)c1.I. The number of hydrogen-bond donors (Lipinski definition) is 1. The van der Waals surface area contributed by atoms with Crippen LogP contribution in [-0.2, 0) is 27.4 Å². The van der Waals surface area contributed by atoms with Crippen molar-refractivity contribution in [1.82, 2.24) is 4.90 Å². The molecule has 0 aliphatic carbocycles. The molecule has 0 aromatic heterocycles. The van der Waals surface area contributed by atoms with E-state index in [9.17, 15) is 0 Å². The fourth-order valence-corrected chi connectivity index (χ4v) is 2.33. The molecule has 0 atom stereocenters. The van der Waals surface area contributed by atoms with Gasteiger partial charge in [-0.2, -0.15) is 0 Å². The Balaban J connectivity index is 0.00000288. The fraction of sp³-hybridized carbons (Fsp3) is 0.588. The number of benzene rings is 1. The van der Waals surface area contributed by atoms with E-state index in [4.69, 9.17) is 19.9 Å². The van der Waals surface area contributed by atoms with Crippen molar-refractivity contribution in [3.8, 4) is 0 Å². The number of aliphatic imine (C=N–C) groups is 1. The van der Waals surface area contributed by atoms with Crippen molar-refractivity contribution < 1.29 is 14.2 Å². The van der Waals surface area contributed by atoms with Crippen molar-refractivity contribution in [3.63, 3.8) is 0 Å². The topological polar surface area (TPSA) is 69.3 Å². The predicted molar refractivity (Wildman–Crippen MR) is 106 cm³/mol. The zero-order valence-electron chi connectivity index (χ0n) is 14.3. The van der Waals surface area contributed by atoms with Gasteiger partial charge in [0.25, 0.3) is 0 Å². The van der Waals surface area contributed by atoms with Crippen LogP contribution in [0.4, 0.5) is 0 Å². The van der Waals surface area contributed by atoms with Gasteiger partial charge in [-0.3, -0.25) is 0 Å². The van der Waals surface area contributed by atoms with Crippen LogP contribution in [-0.4, -0.2) is 57.0 Å². The van der Waals surface area contributed by atoms with Gasteiger partial charge in [0, 0.05) is 19.7 Å². The highest BCUT2D eigenvalue weighted by atomic mass is 127. The Morgan fingerprint density at radius 2 is 1.92 bits per heavy atom. The zero-order valence-corrected chi connectivity index (χ0v) is 16.6. The van der Waals surface area contributed by atoms with E-state index in [1.807, 2.05) is 13.0 Å². The minimum Gasteiger partial charge on any atom is -0.379 e. The average Bonchev–Trinajstić information content (AvgIpc) is 2.60. The molecular formula is C17H28IN3O3. The lowest BCUT2D eigenvalue weighted by molar-refractivity contribution is 0.0453. The molecule has 1 aliphatic heterocycles. The van der Waals surface area contributed by atoms with E-state index in [0.717, 1.165) is 30.8 Å². The summed E-state index contributed by atoms with van der Waals surface area (Å²) in [5.41, 5.74) is 8.31. The van der Waals surface area contributed by atoms with Gasteiger partial charge in [-0.15, -0.1) is 24.0 Å². The minimum atomic E-state index is 0. The van der Waals surface area contributed by atoms with E-state index in [1.165, 1.54) is 0 Å². The molecule has 0 unspecified atom stereocenters. The number of nitrogens with two attached hydrogens (primary N) is 1. The molecule has 1 aromatic carbocycles. The van der Waals surface area contributed by atoms with Crippen LogP contribution in [0.3, 0.4) is 0 Å². The smallest absolute Gasteiger partial charge is 0.191 e. The second-order valence-corrected chi connectivity index (χ2v) is 5.34. The first-order valence-electron chi connectivity index (χ1n) is 8.15. The number of halogens is 1. The maximum atomic E-state index is 6.04. The Labute approximate surface area is 161 Å². The maximum Gasteiger partial charge on any atom is 0.191 e. The molecule has 2 rings (SSSR count). The second-order valence-electron chi connectivity index (χ2n) is 5.34. The van der Waals surface area contributed by atoms with Crippen LogP contribution in [0.1, 0.15) is 18.1 Å². The number of ether oxygens (including phenoxy) is 3. The van der Waals surface area contributed by atoms with E-state index in [2.05, 4.69) is 28.1 Å². The van der Waals surface area contributed by atoms with Gasteiger partial charge in [-0.25, -0.2) is 4.99 Å². The third-order valence-electron chi connectivity index (χ3n) is 3.59. The molecule has 1 heterocycles. The molecule has 0 amide bonds. The summed E-state index contributed by atoms with van der Waals surface area (Å²) in [7, 11) is 0. The average molecular weight is 449 g/mol. The van der Waals surface area contributed by atoms with Crippen LogP contribution < -0.4 is 5.73 Å². The van der Waals surface area contributed by atoms with Gasteiger partial charge in [-0.05, 0) is 18.1 Å². The summed E-state index contributed by atoms with van der Waals surface area (Å²) in [5.74, 6) is 0.590. The number of nitrogens with zero attached hydrogens (tertiary/aromatic N) is 2. The number of morpholine rings is 1. The number of hydrogen-bond acceptors (Lipinski definition) is 4. The molecule has 24 heavy (non-hydrogen) atoms. The molecule has 6 nitrogen and oxygen atoms in total. The summed E-state index contributed by atoms with van der Waals surface area (Å²) in [6.45, 7) is 8.16. The molecular weight excluding hydrogens is 421 g/mol. The molecule has 2 N–H and O–H groups in total. The van der Waals surface area contributed by atoms with Crippen LogP contribution in [0.2, 0.25) is 0 Å². The fourth-order valence-electron chi connectivity index (χ4n) is 2.33. The van der Waals surface area contributed by atoms with Crippen LogP contribution in [0.5, 0.6) is 0 Å². The summed E-state index contributed by atoms with van der Waals surface area (Å²) in [6.07, 6.45) is 0. The first-order chi connectivity index (χ1) is 11.3. The maximum absolute atomic E-state index is 6.04. The van der Waals surface area contributed by atoms with E-state index < -0.39 is 0 Å². The molecule has 1 fully saturated rings. The normalized spacial score (nSPS) is 15.2. The van der Waals surface area contributed by atoms with Crippen molar-refractivity contribution in [3.05, 3.63) is 35.4 Å². The first kappa shape index (κ1) is 21.1. The van der Waals surface area contributed by atoms with Crippen LogP contribution in [0, 0.1) is 0 Å². The lowest BCUT2D eigenvalue weighted by Gasteiger charge is -2.27. The molecule has 7 heteroatoms. The van der Waals surface area contributed by atoms with Gasteiger partial charge >= 0.3 is 0 Å². The highest BCUT2D eigenvalue weighted by Gasteiger charge is 2.11. The second kappa shape index (κ2) is 12.5. The van der Waals surface area contributed by atoms with Crippen LogP contribution >= 0.6 is 24.0 Å². The van der Waals surface area contributed by atoms with E-state index in [0.29, 0.717) is 45.5 Å². The summed E-state index contributed by atoms with van der Waals surface area (Å²) in [5, 5.41) is 0. The van der Waals surface area contributed by atoms with E-state index in [-0.39, 0.29) is 24.0 Å². The van der Waals surface area contributed by atoms with Crippen molar-refractivity contribution in [2.75, 3.05) is 46.1 Å². The quantitative estimate of drug-likeness (QED) is 0.285. The molecule has 1 saturated heterocycles. The zero-order chi connectivity index (χ0) is 16.3. The highest BCUT2D eigenvalue weighted by Crippen LogP contribution is 2.08. The Morgan fingerprint density at radius 1 is 1.21 bits per heavy atom. The Bertz CT molecular complexity index is 494. The Hall–Kier alpha value is -0.900. The largest absolute Gasteiger partial charge is 0.379 e. The van der Waals surface area contributed by atoms with E-state index >= 15 is 0 Å². The van der Waals surface area contributed by atoms with Gasteiger partial charge in [0.1, 0.15) is 0 Å². The third-order valence-corrected chi connectivity index (χ3v) is 3.59. The first-order valence-corrected chi connectivity index (χ1v) is 8.15. The molecule has 136 valence electrons. The summed E-state index contributed by atoms with van der Waals surface area (Å²) >= 11 is 0. The molecule has 0 bridgehead atoms. The highest BCUT2D eigenvalue weighted by molar-refractivity contribution is 14.0. The van der Waals surface area contributed by atoms with E-state index in [1.54, 1.807) is 0 Å². The van der Waals surface area contributed by atoms with Crippen molar-refractivity contribution in [2.24, 2.45) is 10.7 Å². The monoisotopic (exact) mass is 449 g/mol. The van der Waals surface area contributed by atoms with Crippen molar-refractivity contribution >= 4 is 29.9 Å². The van der Waals surface area contributed by atoms with Gasteiger partial charge in [0.15, 0.2) is 5.96 Å². The molecule has 0 spiro atoms. The summed E-state index contributed by atoms with van der Waals surface area (Å²) in [4.78, 5) is 6.54. The van der Waals surface area contributed by atoms with Crippen LogP contribution in [0.15, 0.2) is 29.3 Å². The van der Waals surface area contributed by atoms with Gasteiger partial charge in [0.2, 0.25) is 0 Å². The van der Waals surface area contributed by atoms with Crippen molar-refractivity contribution in [2.45, 2.75) is 20.1 Å². The van der Waals surface area contributed by atoms with Crippen LogP contribution in [0.25, 0.3) is 0 Å². The van der Waals surface area contributed by atoms with Gasteiger partial charge < -0.3 is 24.8 Å². The Morgan fingerprint density at radius 3 is 2.67 bits per heavy atom. The predicted octanol–water partition coefficient (Wildman–Crippen LogP) is 2.00. The Kier molecular flexibility index (Phi) is 11.0. The summed E-state index contributed by atoms with van der Waals surface area (Å²) < 4.78 is 16.2. The molecule has 0 saturated carbocycles.